The number of hydrogen-bond donors (Lipinski definition) is 2. The van der Waals surface area contributed by atoms with Crippen LogP contribution in [-0.4, -0.2) is 53.2 Å². The van der Waals surface area contributed by atoms with Gasteiger partial charge in [0.25, 0.3) is 0 Å². The summed E-state index contributed by atoms with van der Waals surface area (Å²) in [6.07, 6.45) is 0. The quantitative estimate of drug-likeness (QED) is 0.676. The monoisotopic (exact) mass is 260 g/mol. The molecule has 7 heteroatoms. The summed E-state index contributed by atoms with van der Waals surface area (Å²) < 4.78 is 4.65. The molecule has 0 saturated heterocycles. The molecule has 0 aromatic rings. The van der Waals surface area contributed by atoms with Crippen LogP contribution < -0.4 is 5.32 Å². The van der Waals surface area contributed by atoms with Gasteiger partial charge in [0, 0.05) is 6.54 Å². The minimum atomic E-state index is -1.34. The minimum absolute atomic E-state index is 0.216. The predicted octanol–water partition coefficient (Wildman–Crippen LogP) is 0.444. The van der Waals surface area contributed by atoms with Gasteiger partial charge in [-0.1, -0.05) is 0 Å². The lowest BCUT2D eigenvalue weighted by Gasteiger charge is -2.33. The van der Waals surface area contributed by atoms with Crippen molar-refractivity contribution in [2.45, 2.75) is 33.2 Å². The molecule has 2 amide bonds. The van der Waals surface area contributed by atoms with Gasteiger partial charge in [-0.05, 0) is 27.7 Å². The normalized spacial score (nSPS) is 10.7. The van der Waals surface area contributed by atoms with Crippen molar-refractivity contribution in [3.8, 4) is 0 Å². The van der Waals surface area contributed by atoms with Crippen LogP contribution >= 0.6 is 0 Å². The first-order chi connectivity index (χ1) is 8.27. The summed E-state index contributed by atoms with van der Waals surface area (Å²) in [7, 11) is 0. The molecule has 0 fully saturated rings. The molecule has 0 aromatic heterocycles. The maximum Gasteiger partial charge on any atom is 0.329 e. The number of urea groups is 1. The second kappa shape index (κ2) is 6.83. The fourth-order valence-electron chi connectivity index (χ4n) is 1.36. The Labute approximate surface area is 106 Å². The van der Waals surface area contributed by atoms with Crippen LogP contribution in [0.5, 0.6) is 0 Å². The Morgan fingerprint density at radius 2 is 1.83 bits per heavy atom. The molecular weight excluding hydrogens is 240 g/mol. The third kappa shape index (κ3) is 4.23. The smallest absolute Gasteiger partial charge is 0.329 e. The number of esters is 1. The third-order valence-electron chi connectivity index (χ3n) is 2.45. The van der Waals surface area contributed by atoms with Gasteiger partial charge in [-0.3, -0.25) is 4.79 Å². The number of amides is 2. The van der Waals surface area contributed by atoms with E-state index in [9.17, 15) is 14.4 Å². The molecule has 104 valence electrons. The summed E-state index contributed by atoms with van der Waals surface area (Å²) in [5.74, 6) is -1.68. The van der Waals surface area contributed by atoms with Crippen molar-refractivity contribution in [2.24, 2.45) is 0 Å². The van der Waals surface area contributed by atoms with E-state index in [2.05, 4.69) is 10.1 Å². The van der Waals surface area contributed by atoms with E-state index in [0.717, 1.165) is 4.90 Å². The predicted molar refractivity (Wildman–Crippen MR) is 64.1 cm³/mol. The van der Waals surface area contributed by atoms with E-state index < -0.39 is 23.5 Å². The summed E-state index contributed by atoms with van der Waals surface area (Å²) in [5.41, 5.74) is -1.34. The van der Waals surface area contributed by atoms with Gasteiger partial charge in [-0.2, -0.15) is 0 Å². The second-order valence-corrected chi connectivity index (χ2v) is 4.07. The van der Waals surface area contributed by atoms with Crippen LogP contribution in [-0.2, 0) is 14.3 Å². The lowest BCUT2D eigenvalue weighted by atomic mass is 10.0. The lowest BCUT2D eigenvalue weighted by molar-refractivity contribution is -0.147. The third-order valence-corrected chi connectivity index (χ3v) is 2.45. The fraction of sp³-hybridized carbons (Fsp3) is 0.727. The van der Waals surface area contributed by atoms with E-state index in [-0.39, 0.29) is 19.7 Å². The van der Waals surface area contributed by atoms with Crippen LogP contribution in [0.4, 0.5) is 4.79 Å². The zero-order valence-corrected chi connectivity index (χ0v) is 11.1. The summed E-state index contributed by atoms with van der Waals surface area (Å²) in [6.45, 7) is 6.32. The van der Waals surface area contributed by atoms with Gasteiger partial charge in [0.2, 0.25) is 0 Å². The number of aliphatic carboxylic acids is 1. The van der Waals surface area contributed by atoms with Gasteiger partial charge in [0.05, 0.1) is 6.61 Å². The first kappa shape index (κ1) is 16.2. The van der Waals surface area contributed by atoms with Gasteiger partial charge in [0.15, 0.2) is 0 Å². The molecule has 0 radical (unpaired) electrons. The fourth-order valence-corrected chi connectivity index (χ4v) is 1.36. The van der Waals surface area contributed by atoms with Gasteiger partial charge >= 0.3 is 18.0 Å². The van der Waals surface area contributed by atoms with Crippen LogP contribution in [0.25, 0.3) is 0 Å². The summed E-state index contributed by atoms with van der Waals surface area (Å²) >= 11 is 0. The van der Waals surface area contributed by atoms with E-state index in [1.54, 1.807) is 13.8 Å². The van der Waals surface area contributed by atoms with Crippen LogP contribution in [0.3, 0.4) is 0 Å². The van der Waals surface area contributed by atoms with Crippen molar-refractivity contribution in [3.63, 3.8) is 0 Å². The Balaban J connectivity index is 4.55. The van der Waals surface area contributed by atoms with Crippen LogP contribution in [0, 0.1) is 0 Å². The zero-order chi connectivity index (χ0) is 14.3. The zero-order valence-electron chi connectivity index (χ0n) is 11.1. The Hall–Kier alpha value is -1.79. The van der Waals surface area contributed by atoms with E-state index in [1.165, 1.54) is 13.8 Å². The number of carbonyl (C=O) groups is 3. The minimum Gasteiger partial charge on any atom is -0.480 e. The molecule has 0 aromatic carbocycles. The van der Waals surface area contributed by atoms with Crippen LogP contribution in [0.15, 0.2) is 0 Å². The Kier molecular flexibility index (Phi) is 6.15. The van der Waals surface area contributed by atoms with E-state index in [0.29, 0.717) is 0 Å². The highest BCUT2D eigenvalue weighted by Gasteiger charge is 2.36. The molecule has 7 nitrogen and oxygen atoms in total. The highest BCUT2D eigenvalue weighted by Crippen LogP contribution is 2.14. The maximum absolute atomic E-state index is 11.8. The Morgan fingerprint density at radius 3 is 2.22 bits per heavy atom. The van der Waals surface area contributed by atoms with Crippen molar-refractivity contribution < 1.29 is 24.2 Å². The number of rotatable bonds is 6. The highest BCUT2D eigenvalue weighted by molar-refractivity contribution is 5.87. The van der Waals surface area contributed by atoms with Gasteiger partial charge in [-0.25, -0.2) is 9.59 Å². The summed E-state index contributed by atoms with van der Waals surface area (Å²) in [6, 6.07) is -0.613. The van der Waals surface area contributed by atoms with E-state index >= 15 is 0 Å². The number of ether oxygens (including phenoxy) is 1. The molecule has 0 aliphatic rings. The SMILES string of the molecule is CCOC(=O)CNC(=O)N(CC)C(C)(C)C(=O)O. The molecular formula is C11H20N2O5. The van der Waals surface area contributed by atoms with Gasteiger partial charge in [0.1, 0.15) is 12.1 Å². The lowest BCUT2D eigenvalue weighted by Crippen LogP contribution is -2.56. The number of nitrogens with zero attached hydrogens (tertiary/aromatic N) is 1. The molecule has 2 N–H and O–H groups in total. The first-order valence-corrected chi connectivity index (χ1v) is 5.71. The second-order valence-electron chi connectivity index (χ2n) is 4.07. The average molecular weight is 260 g/mol. The molecule has 0 atom stereocenters. The number of carboxylic acids is 1. The van der Waals surface area contributed by atoms with Crippen LogP contribution in [0.1, 0.15) is 27.7 Å². The first-order valence-electron chi connectivity index (χ1n) is 5.71. The maximum atomic E-state index is 11.8. The number of nitrogens with one attached hydrogen (secondary N) is 1. The Morgan fingerprint density at radius 1 is 1.28 bits per heavy atom. The largest absolute Gasteiger partial charge is 0.480 e. The number of carbonyl (C=O) groups excluding carboxylic acids is 2. The number of likely N-dealkylation sites (N-methyl/N-ethyl adjacent to an activating group) is 1. The van der Waals surface area contributed by atoms with Gasteiger partial charge < -0.3 is 20.1 Å². The van der Waals surface area contributed by atoms with E-state index in [1.807, 2.05) is 0 Å². The van der Waals surface area contributed by atoms with Crippen molar-refractivity contribution in [1.82, 2.24) is 10.2 Å². The van der Waals surface area contributed by atoms with Crippen molar-refractivity contribution in [3.05, 3.63) is 0 Å². The number of carboxylic acid groups (broad SMARTS) is 1. The molecule has 0 saturated carbocycles. The molecule has 0 bridgehead atoms. The van der Waals surface area contributed by atoms with Crippen molar-refractivity contribution in [1.29, 1.82) is 0 Å². The molecule has 0 aliphatic heterocycles. The highest BCUT2D eigenvalue weighted by atomic mass is 16.5. The summed E-state index contributed by atoms with van der Waals surface area (Å²) in [4.78, 5) is 35.0. The van der Waals surface area contributed by atoms with Gasteiger partial charge in [-0.15, -0.1) is 0 Å². The standard InChI is InChI=1S/C11H20N2O5/c1-5-13(11(3,4)9(15)16)10(17)12-7-8(14)18-6-2/h5-7H2,1-4H3,(H,12,17)(H,15,16). The topological polar surface area (TPSA) is 95.9 Å². The summed E-state index contributed by atoms with van der Waals surface area (Å²) in [5, 5.41) is 11.4. The molecule has 0 heterocycles. The number of hydrogen-bond acceptors (Lipinski definition) is 4. The molecule has 0 unspecified atom stereocenters. The van der Waals surface area contributed by atoms with Crippen LogP contribution in [0.2, 0.25) is 0 Å². The molecule has 0 rings (SSSR count). The van der Waals surface area contributed by atoms with E-state index in [4.69, 9.17) is 5.11 Å². The average Bonchev–Trinajstić information content (AvgIpc) is 2.27. The molecule has 0 aliphatic carbocycles. The Bertz CT molecular complexity index is 327. The van der Waals surface area contributed by atoms with Crippen molar-refractivity contribution >= 4 is 18.0 Å². The van der Waals surface area contributed by atoms with Crippen molar-refractivity contribution in [2.75, 3.05) is 19.7 Å². The molecule has 18 heavy (non-hydrogen) atoms. The molecule has 0 spiro atoms.